The summed E-state index contributed by atoms with van der Waals surface area (Å²) in [4.78, 5) is 27.5. The molecule has 5 aliphatic carbocycles. The number of esters is 1. The van der Waals surface area contributed by atoms with E-state index >= 15 is 0 Å². The second-order valence-corrected chi connectivity index (χ2v) is 16.7. The number of aliphatic hydroxyl groups excluding tert-OH is 1. The van der Waals surface area contributed by atoms with Crippen molar-refractivity contribution < 1.29 is 19.4 Å². The van der Waals surface area contributed by atoms with Crippen molar-refractivity contribution >= 4 is 11.8 Å². The number of rotatable bonds is 3. The Morgan fingerprint density at radius 1 is 0.902 bits per heavy atom. The lowest BCUT2D eigenvalue weighted by molar-refractivity contribution is -0.165. The zero-order chi connectivity index (χ0) is 29.6. The molecule has 0 unspecified atom stereocenters. The van der Waals surface area contributed by atoms with Crippen LogP contribution in [0.5, 0.6) is 0 Å². The summed E-state index contributed by atoms with van der Waals surface area (Å²) in [6.07, 6.45) is 9.81. The lowest BCUT2D eigenvalue weighted by Crippen LogP contribution is -2.62. The van der Waals surface area contributed by atoms with Crippen molar-refractivity contribution in [3.63, 3.8) is 0 Å². The molecule has 6 rings (SSSR count). The average Bonchev–Trinajstić information content (AvgIpc) is 2.94. The van der Waals surface area contributed by atoms with Gasteiger partial charge in [-0.15, -0.1) is 0 Å². The van der Waals surface area contributed by atoms with Crippen LogP contribution in [-0.4, -0.2) is 29.6 Å². The molecule has 4 heteroatoms. The number of fused-ring (bicyclic) bond motifs is 6. The molecule has 0 amide bonds. The minimum Gasteiger partial charge on any atom is -0.458 e. The van der Waals surface area contributed by atoms with Gasteiger partial charge < -0.3 is 9.84 Å². The van der Waals surface area contributed by atoms with E-state index in [4.69, 9.17) is 4.74 Å². The molecule has 1 aromatic carbocycles. The van der Waals surface area contributed by atoms with Crippen molar-refractivity contribution in [1.29, 1.82) is 0 Å². The zero-order valence-electron chi connectivity index (χ0n) is 26.6. The van der Waals surface area contributed by atoms with E-state index in [2.05, 4.69) is 48.5 Å². The summed E-state index contributed by atoms with van der Waals surface area (Å²) in [7, 11) is 0. The van der Waals surface area contributed by atoms with Gasteiger partial charge in [-0.2, -0.15) is 0 Å². The van der Waals surface area contributed by atoms with E-state index in [-0.39, 0.29) is 57.1 Å². The van der Waals surface area contributed by atoms with Gasteiger partial charge in [0.05, 0.1) is 5.56 Å². The van der Waals surface area contributed by atoms with Crippen LogP contribution in [0.2, 0.25) is 0 Å². The Balaban J connectivity index is 1.35. The van der Waals surface area contributed by atoms with Crippen molar-refractivity contribution in [2.45, 2.75) is 119 Å². The van der Waals surface area contributed by atoms with Crippen LogP contribution in [0, 0.1) is 44.3 Å². The highest BCUT2D eigenvalue weighted by Crippen LogP contribution is 2.74. The molecule has 0 aromatic heterocycles. The van der Waals surface area contributed by atoms with Crippen molar-refractivity contribution in [3.8, 4) is 0 Å². The monoisotopic (exact) mass is 560 g/mol. The first kappa shape index (κ1) is 29.1. The van der Waals surface area contributed by atoms with Crippen LogP contribution in [-0.2, 0) is 9.53 Å². The second-order valence-electron chi connectivity index (χ2n) is 16.7. The maximum atomic E-state index is 14.5. The van der Waals surface area contributed by atoms with Crippen molar-refractivity contribution in [1.82, 2.24) is 0 Å². The highest BCUT2D eigenvalue weighted by Gasteiger charge is 2.67. The Kier molecular flexibility index (Phi) is 6.60. The SMILES string of the molecule is CC1(C)[C@H](OC(=O)c2ccccc2)CC[C@]2(C)C3=C(C(=O)C[C@@H]12)[C@@]1(C)CC[C@@]2(C)CC[C@@](C)(CO)C[C@H]2[C@]1(C)CC3. The summed E-state index contributed by atoms with van der Waals surface area (Å²) in [5.74, 6) is 0.751. The third-order valence-corrected chi connectivity index (χ3v) is 14.2. The average molecular weight is 561 g/mol. The van der Waals surface area contributed by atoms with E-state index in [0.29, 0.717) is 23.7 Å². The molecule has 1 aromatic rings. The van der Waals surface area contributed by atoms with Gasteiger partial charge in [-0.1, -0.05) is 72.2 Å². The molecule has 0 aliphatic heterocycles. The molecule has 8 atom stereocenters. The van der Waals surface area contributed by atoms with Gasteiger partial charge in [0.1, 0.15) is 6.10 Å². The number of Topliss-reactive ketones (excluding diaryl/α,β-unsaturated/α-hetero) is 1. The summed E-state index contributed by atoms with van der Waals surface area (Å²) in [5.41, 5.74) is 3.02. The van der Waals surface area contributed by atoms with E-state index in [1.165, 1.54) is 24.0 Å². The first-order valence-corrected chi connectivity index (χ1v) is 16.3. The molecule has 5 aliphatic rings. The van der Waals surface area contributed by atoms with Gasteiger partial charge in [-0.3, -0.25) is 4.79 Å². The number of carbonyl (C=O) groups is 2. The standard InChI is InChI=1S/C37H52O4/c1-32(2)27-21-26(39)30-25(35(27,5)15-14-29(32)41-31(40)24-11-9-8-10-12-24)13-16-36(6)28-22-33(3,23-38)17-18-34(28,4)19-20-37(30,36)7/h8-12,27-29,38H,13-23H2,1-7H3/t27-,28+,29+,33+,34+,35+,36-,37+/m0/s1. The minimum absolute atomic E-state index is 0.0205. The normalized spacial score (nSPS) is 45.2. The molecule has 0 radical (unpaired) electrons. The van der Waals surface area contributed by atoms with Crippen LogP contribution in [0.3, 0.4) is 0 Å². The number of benzene rings is 1. The molecular formula is C37H52O4. The van der Waals surface area contributed by atoms with E-state index in [1.807, 2.05) is 30.3 Å². The maximum Gasteiger partial charge on any atom is 0.338 e. The molecule has 0 saturated heterocycles. The molecule has 3 saturated carbocycles. The summed E-state index contributed by atoms with van der Waals surface area (Å²) in [6.45, 7) is 16.9. The van der Waals surface area contributed by atoms with Crippen molar-refractivity contribution in [2.24, 2.45) is 44.3 Å². The summed E-state index contributed by atoms with van der Waals surface area (Å²) >= 11 is 0. The van der Waals surface area contributed by atoms with Crippen LogP contribution in [0.1, 0.15) is 123 Å². The Bertz CT molecular complexity index is 1280. The smallest absolute Gasteiger partial charge is 0.338 e. The van der Waals surface area contributed by atoms with Gasteiger partial charge in [-0.05, 0) is 103 Å². The first-order valence-electron chi connectivity index (χ1n) is 16.3. The Hall–Kier alpha value is -1.94. The molecule has 0 heterocycles. The van der Waals surface area contributed by atoms with E-state index < -0.39 is 0 Å². The molecule has 4 nitrogen and oxygen atoms in total. The van der Waals surface area contributed by atoms with Crippen LogP contribution < -0.4 is 0 Å². The number of hydrogen-bond acceptors (Lipinski definition) is 4. The largest absolute Gasteiger partial charge is 0.458 e. The highest BCUT2D eigenvalue weighted by atomic mass is 16.5. The fraction of sp³-hybridized carbons (Fsp3) is 0.730. The maximum absolute atomic E-state index is 14.5. The minimum atomic E-state index is -0.301. The number of allylic oxidation sites excluding steroid dienone is 2. The molecule has 1 N–H and O–H groups in total. The van der Waals surface area contributed by atoms with E-state index in [1.54, 1.807) is 0 Å². The van der Waals surface area contributed by atoms with Crippen LogP contribution in [0.25, 0.3) is 0 Å². The second kappa shape index (κ2) is 9.28. The predicted molar refractivity (Wildman–Crippen MR) is 162 cm³/mol. The lowest BCUT2D eigenvalue weighted by Gasteiger charge is -2.69. The topological polar surface area (TPSA) is 63.6 Å². The zero-order valence-corrected chi connectivity index (χ0v) is 26.6. The van der Waals surface area contributed by atoms with Gasteiger partial charge in [0, 0.05) is 29.4 Å². The van der Waals surface area contributed by atoms with Crippen molar-refractivity contribution in [3.05, 3.63) is 47.0 Å². The Labute approximate surface area is 247 Å². The number of ether oxygens (including phenoxy) is 1. The third-order valence-electron chi connectivity index (χ3n) is 14.2. The van der Waals surface area contributed by atoms with E-state index in [9.17, 15) is 14.7 Å². The molecule has 0 bridgehead atoms. The van der Waals surface area contributed by atoms with Gasteiger partial charge in [-0.25, -0.2) is 4.79 Å². The summed E-state index contributed by atoms with van der Waals surface area (Å²) in [5, 5.41) is 10.4. The fourth-order valence-electron chi connectivity index (χ4n) is 11.1. The summed E-state index contributed by atoms with van der Waals surface area (Å²) < 4.78 is 6.19. The number of aliphatic hydroxyl groups is 1. The van der Waals surface area contributed by atoms with Gasteiger partial charge in [0.25, 0.3) is 0 Å². The predicted octanol–water partition coefficient (Wildman–Crippen LogP) is 8.33. The first-order chi connectivity index (χ1) is 19.1. The van der Waals surface area contributed by atoms with Gasteiger partial charge >= 0.3 is 5.97 Å². The lowest BCUT2D eigenvalue weighted by atomic mass is 9.35. The van der Waals surface area contributed by atoms with E-state index in [0.717, 1.165) is 44.9 Å². The molecule has 41 heavy (non-hydrogen) atoms. The molecule has 224 valence electrons. The Morgan fingerprint density at radius 2 is 1.59 bits per heavy atom. The number of hydrogen-bond donors (Lipinski definition) is 1. The number of ketones is 1. The fourth-order valence-corrected chi connectivity index (χ4v) is 11.1. The Morgan fingerprint density at radius 3 is 2.27 bits per heavy atom. The van der Waals surface area contributed by atoms with Crippen LogP contribution in [0.15, 0.2) is 41.5 Å². The van der Waals surface area contributed by atoms with Crippen molar-refractivity contribution in [2.75, 3.05) is 6.61 Å². The number of carbonyl (C=O) groups excluding carboxylic acids is 2. The quantitative estimate of drug-likeness (QED) is 0.378. The molecule has 3 fully saturated rings. The molecule has 0 spiro atoms. The molecular weight excluding hydrogens is 508 g/mol. The summed E-state index contributed by atoms with van der Waals surface area (Å²) in [6, 6.07) is 9.28. The van der Waals surface area contributed by atoms with Gasteiger partial charge in [0.15, 0.2) is 5.78 Å². The third kappa shape index (κ3) is 4.01. The highest BCUT2D eigenvalue weighted by molar-refractivity contribution is 5.99. The van der Waals surface area contributed by atoms with Crippen LogP contribution >= 0.6 is 0 Å². The van der Waals surface area contributed by atoms with Crippen LogP contribution in [0.4, 0.5) is 0 Å². The van der Waals surface area contributed by atoms with Gasteiger partial charge in [0.2, 0.25) is 0 Å².